The zero-order chi connectivity index (χ0) is 19.4. The van der Waals surface area contributed by atoms with Gasteiger partial charge in [0, 0.05) is 24.3 Å². The first-order valence-corrected chi connectivity index (χ1v) is 9.26. The molecule has 1 unspecified atom stereocenters. The van der Waals surface area contributed by atoms with Crippen molar-refractivity contribution in [3.63, 3.8) is 0 Å². The maximum atomic E-state index is 12.6. The van der Waals surface area contributed by atoms with Crippen molar-refractivity contribution in [1.29, 1.82) is 0 Å². The third-order valence-corrected chi connectivity index (χ3v) is 4.60. The Morgan fingerprint density at radius 1 is 1.11 bits per heavy atom. The normalized spacial score (nSPS) is 12.0. The van der Waals surface area contributed by atoms with Gasteiger partial charge in [-0.05, 0) is 44.9 Å². The maximum absolute atomic E-state index is 12.6. The predicted molar refractivity (Wildman–Crippen MR) is 108 cm³/mol. The molecule has 0 bridgehead atoms. The zero-order valence-corrected chi connectivity index (χ0v) is 16.4. The van der Waals surface area contributed by atoms with Crippen LogP contribution >= 0.6 is 0 Å². The Hall–Kier alpha value is -2.95. The summed E-state index contributed by atoms with van der Waals surface area (Å²) in [6, 6.07) is 15.8. The topological polar surface area (TPSA) is 59.8 Å². The number of hydrogen-bond donors (Lipinski definition) is 1. The van der Waals surface area contributed by atoms with Crippen LogP contribution in [0, 0.1) is 26.7 Å². The summed E-state index contributed by atoms with van der Waals surface area (Å²) in [5.74, 6) is 0.198. The molecule has 5 nitrogen and oxygen atoms in total. The van der Waals surface area contributed by atoms with Gasteiger partial charge in [0.1, 0.15) is 0 Å². The van der Waals surface area contributed by atoms with E-state index >= 15 is 0 Å². The van der Waals surface area contributed by atoms with E-state index in [9.17, 15) is 4.79 Å². The van der Waals surface area contributed by atoms with Gasteiger partial charge >= 0.3 is 0 Å². The van der Waals surface area contributed by atoms with E-state index in [4.69, 9.17) is 0 Å². The molecule has 140 valence electrons. The second-order valence-corrected chi connectivity index (χ2v) is 7.12. The molecule has 0 spiro atoms. The molecule has 1 aromatic carbocycles. The first-order valence-electron chi connectivity index (χ1n) is 9.26. The summed E-state index contributed by atoms with van der Waals surface area (Å²) >= 11 is 0. The molecule has 5 heteroatoms. The first-order chi connectivity index (χ1) is 12.9. The molecule has 1 N–H and O–H groups in total. The molecule has 0 fully saturated rings. The molecule has 0 aliphatic carbocycles. The molecule has 2 heterocycles. The first kappa shape index (κ1) is 18.8. The van der Waals surface area contributed by atoms with E-state index in [1.54, 1.807) is 0 Å². The molecular weight excluding hydrogens is 336 g/mol. The molecule has 1 amide bonds. The van der Waals surface area contributed by atoms with Crippen LogP contribution in [0.25, 0.3) is 11.3 Å². The van der Waals surface area contributed by atoms with E-state index in [2.05, 4.69) is 35.3 Å². The number of nitrogens with one attached hydrogen (secondary N) is 1. The van der Waals surface area contributed by atoms with Crippen molar-refractivity contribution in [3.05, 3.63) is 71.2 Å². The third kappa shape index (κ3) is 4.61. The largest absolute Gasteiger partial charge is 0.352 e. The Morgan fingerprint density at radius 2 is 1.85 bits per heavy atom. The van der Waals surface area contributed by atoms with Crippen LogP contribution in [0.2, 0.25) is 0 Å². The fraction of sp³-hybridized carbons (Fsp3) is 0.318. The highest BCUT2D eigenvalue weighted by Crippen LogP contribution is 2.18. The van der Waals surface area contributed by atoms with Crippen LogP contribution in [0.5, 0.6) is 0 Å². The molecule has 3 aromatic rings. The van der Waals surface area contributed by atoms with Gasteiger partial charge in [-0.3, -0.25) is 14.5 Å². The summed E-state index contributed by atoms with van der Waals surface area (Å²) < 4.78 is 1.99. The molecule has 1 atom stereocenters. The van der Waals surface area contributed by atoms with Gasteiger partial charge in [-0.15, -0.1) is 0 Å². The van der Waals surface area contributed by atoms with E-state index in [0.717, 1.165) is 34.9 Å². The van der Waals surface area contributed by atoms with Crippen LogP contribution in [-0.4, -0.2) is 27.2 Å². The summed E-state index contributed by atoms with van der Waals surface area (Å²) in [7, 11) is 0. The number of rotatable bonds is 6. The lowest BCUT2D eigenvalue weighted by molar-refractivity contribution is 0.0945. The van der Waals surface area contributed by atoms with Crippen molar-refractivity contribution in [3.8, 4) is 11.3 Å². The monoisotopic (exact) mass is 362 g/mol. The van der Waals surface area contributed by atoms with Crippen molar-refractivity contribution in [2.24, 2.45) is 5.92 Å². The lowest BCUT2D eigenvalue weighted by Gasteiger charge is -2.15. The van der Waals surface area contributed by atoms with Gasteiger partial charge in [0.25, 0.3) is 5.91 Å². The fourth-order valence-electron chi connectivity index (χ4n) is 3.15. The van der Waals surface area contributed by atoms with Crippen molar-refractivity contribution in [2.45, 2.75) is 34.2 Å². The molecule has 0 radical (unpaired) electrons. The van der Waals surface area contributed by atoms with Crippen LogP contribution in [0.4, 0.5) is 0 Å². The Labute approximate surface area is 160 Å². The average molecular weight is 362 g/mol. The van der Waals surface area contributed by atoms with E-state index in [1.807, 2.05) is 61.0 Å². The number of benzene rings is 1. The molecular formula is C22H26N4O. The van der Waals surface area contributed by atoms with Gasteiger partial charge in [-0.2, -0.15) is 5.10 Å². The summed E-state index contributed by atoms with van der Waals surface area (Å²) in [4.78, 5) is 17.2. The van der Waals surface area contributed by atoms with Crippen molar-refractivity contribution < 1.29 is 4.79 Å². The Morgan fingerprint density at radius 3 is 2.48 bits per heavy atom. The summed E-state index contributed by atoms with van der Waals surface area (Å²) in [6.07, 6.45) is 0. The summed E-state index contributed by atoms with van der Waals surface area (Å²) in [5.41, 5.74) is 5.44. The second-order valence-electron chi connectivity index (χ2n) is 7.12. The fourth-order valence-corrected chi connectivity index (χ4v) is 3.15. The van der Waals surface area contributed by atoms with Crippen LogP contribution in [0.15, 0.2) is 48.5 Å². The van der Waals surface area contributed by atoms with E-state index in [0.29, 0.717) is 12.1 Å². The molecule has 0 saturated carbocycles. The molecule has 0 aliphatic heterocycles. The van der Waals surface area contributed by atoms with Crippen molar-refractivity contribution in [2.75, 3.05) is 6.54 Å². The number of carbonyl (C=O) groups is 1. The second kappa shape index (κ2) is 8.16. The van der Waals surface area contributed by atoms with Crippen molar-refractivity contribution in [1.82, 2.24) is 20.1 Å². The molecule has 2 aromatic heterocycles. The molecule has 3 rings (SSSR count). The summed E-state index contributed by atoms with van der Waals surface area (Å²) in [6.45, 7) is 9.40. The van der Waals surface area contributed by atoms with Gasteiger partial charge in [0.15, 0.2) is 0 Å². The minimum Gasteiger partial charge on any atom is -0.352 e. The van der Waals surface area contributed by atoms with E-state index < -0.39 is 0 Å². The lowest BCUT2D eigenvalue weighted by Crippen LogP contribution is -2.31. The van der Waals surface area contributed by atoms with Crippen LogP contribution in [0.3, 0.4) is 0 Å². The lowest BCUT2D eigenvalue weighted by atomic mass is 10.1. The van der Waals surface area contributed by atoms with Crippen LogP contribution in [0.1, 0.15) is 34.4 Å². The third-order valence-electron chi connectivity index (χ3n) is 4.60. The number of aromatic nitrogens is 3. The quantitative estimate of drug-likeness (QED) is 0.723. The van der Waals surface area contributed by atoms with Crippen molar-refractivity contribution >= 4 is 5.91 Å². The molecule has 0 saturated heterocycles. The highest BCUT2D eigenvalue weighted by molar-refractivity contribution is 5.95. The molecule has 0 aliphatic rings. The van der Waals surface area contributed by atoms with Gasteiger partial charge in [-0.1, -0.05) is 37.3 Å². The van der Waals surface area contributed by atoms with Crippen LogP contribution in [-0.2, 0) is 6.54 Å². The molecule has 27 heavy (non-hydrogen) atoms. The number of aryl methyl sites for hydroxylation is 3. The minimum absolute atomic E-state index is 0.0835. The van der Waals surface area contributed by atoms with Gasteiger partial charge in [0.05, 0.1) is 22.6 Å². The summed E-state index contributed by atoms with van der Waals surface area (Å²) in [5, 5.41) is 7.51. The maximum Gasteiger partial charge on any atom is 0.253 e. The minimum atomic E-state index is -0.0835. The smallest absolute Gasteiger partial charge is 0.253 e. The van der Waals surface area contributed by atoms with Crippen LogP contribution < -0.4 is 5.32 Å². The highest BCUT2D eigenvalue weighted by Gasteiger charge is 2.13. The van der Waals surface area contributed by atoms with Gasteiger partial charge in [-0.25, -0.2) is 0 Å². The Bertz CT molecular complexity index is 931. The van der Waals surface area contributed by atoms with Gasteiger partial charge in [0.2, 0.25) is 0 Å². The van der Waals surface area contributed by atoms with E-state index in [1.165, 1.54) is 0 Å². The SMILES string of the molecule is Cc1cc(C)n(CC(C)CNC(=O)c2ccc(-c3ccccc3)nc2C)n1. The van der Waals surface area contributed by atoms with Gasteiger partial charge < -0.3 is 5.32 Å². The van der Waals surface area contributed by atoms with E-state index in [-0.39, 0.29) is 11.8 Å². The Kier molecular flexibility index (Phi) is 5.69. The highest BCUT2D eigenvalue weighted by atomic mass is 16.1. The zero-order valence-electron chi connectivity index (χ0n) is 16.4. The number of pyridine rings is 1. The standard InChI is InChI=1S/C22H26N4O/c1-15(14-26-17(3)12-16(2)25-26)13-23-22(27)20-10-11-21(24-18(20)4)19-8-6-5-7-9-19/h5-12,15H,13-14H2,1-4H3,(H,23,27). The number of hydrogen-bond acceptors (Lipinski definition) is 3. The number of nitrogens with zero attached hydrogens (tertiary/aromatic N) is 3. The predicted octanol–water partition coefficient (Wildman–Crippen LogP) is 3.94. The number of amides is 1. The average Bonchev–Trinajstić information content (AvgIpc) is 2.97. The number of carbonyl (C=O) groups excluding carboxylic acids is 1. The Balaban J connectivity index is 1.61.